The van der Waals surface area contributed by atoms with E-state index in [2.05, 4.69) is 36.6 Å². The van der Waals surface area contributed by atoms with Crippen molar-refractivity contribution in [1.29, 1.82) is 0 Å². The van der Waals surface area contributed by atoms with Crippen molar-refractivity contribution in [2.75, 3.05) is 5.32 Å². The van der Waals surface area contributed by atoms with Gasteiger partial charge >= 0.3 is 6.03 Å². The zero-order valence-corrected chi connectivity index (χ0v) is 15.9. The summed E-state index contributed by atoms with van der Waals surface area (Å²) >= 11 is 0. The Labute approximate surface area is 150 Å². The highest BCUT2D eigenvalue weighted by Gasteiger charge is 2.12. The normalized spacial score (nSPS) is 12.0. The Morgan fingerprint density at radius 3 is 2.04 bits per heavy atom. The Hall–Kier alpha value is -2.49. The van der Waals surface area contributed by atoms with E-state index < -0.39 is 6.23 Å². The number of carbonyl (C=O) groups is 1. The van der Waals surface area contributed by atoms with Crippen LogP contribution in [0.25, 0.3) is 0 Å². The second-order valence-corrected chi connectivity index (χ2v) is 6.86. The van der Waals surface area contributed by atoms with Crippen LogP contribution in [-0.2, 0) is 0 Å². The summed E-state index contributed by atoms with van der Waals surface area (Å²) in [6.07, 6.45) is -0.434. The van der Waals surface area contributed by atoms with Crippen LogP contribution < -0.4 is 15.4 Å². The van der Waals surface area contributed by atoms with Crippen LogP contribution in [0.5, 0.6) is 5.75 Å². The first kappa shape index (κ1) is 18.8. The van der Waals surface area contributed by atoms with E-state index in [4.69, 9.17) is 4.74 Å². The summed E-state index contributed by atoms with van der Waals surface area (Å²) in [6, 6.07) is 11.8. The van der Waals surface area contributed by atoms with E-state index in [1.54, 1.807) is 0 Å². The van der Waals surface area contributed by atoms with E-state index >= 15 is 0 Å². The first-order valence-electron chi connectivity index (χ1n) is 8.68. The van der Waals surface area contributed by atoms with Crippen LogP contribution in [0.3, 0.4) is 0 Å². The van der Waals surface area contributed by atoms with Crippen LogP contribution in [0.15, 0.2) is 36.4 Å². The molecule has 0 spiro atoms. The van der Waals surface area contributed by atoms with Gasteiger partial charge in [-0.25, -0.2) is 4.79 Å². The van der Waals surface area contributed by atoms with E-state index in [9.17, 15) is 4.79 Å². The van der Waals surface area contributed by atoms with E-state index in [1.165, 1.54) is 11.1 Å². The zero-order valence-electron chi connectivity index (χ0n) is 15.9. The lowest BCUT2D eigenvalue weighted by Gasteiger charge is -2.19. The van der Waals surface area contributed by atoms with Crippen molar-refractivity contribution in [3.05, 3.63) is 58.7 Å². The fraction of sp³-hybridized carbons (Fsp3) is 0.381. The van der Waals surface area contributed by atoms with E-state index in [0.717, 1.165) is 22.6 Å². The summed E-state index contributed by atoms with van der Waals surface area (Å²) in [7, 11) is 0. The van der Waals surface area contributed by atoms with Gasteiger partial charge in [-0.15, -0.1) is 0 Å². The molecule has 1 unspecified atom stereocenters. The molecule has 0 heterocycles. The molecule has 0 aliphatic rings. The number of anilines is 1. The molecule has 0 aromatic heterocycles. The van der Waals surface area contributed by atoms with Gasteiger partial charge in [0.25, 0.3) is 0 Å². The second-order valence-electron chi connectivity index (χ2n) is 6.86. The Morgan fingerprint density at radius 2 is 1.52 bits per heavy atom. The zero-order chi connectivity index (χ0) is 18.6. The molecule has 2 amide bonds. The lowest BCUT2D eigenvalue weighted by molar-refractivity contribution is 0.183. The van der Waals surface area contributed by atoms with Crippen molar-refractivity contribution in [2.45, 2.75) is 53.7 Å². The fourth-order valence-electron chi connectivity index (χ4n) is 2.88. The number of hydrogen-bond donors (Lipinski definition) is 2. The monoisotopic (exact) mass is 340 g/mol. The van der Waals surface area contributed by atoms with Crippen LogP contribution in [0.1, 0.15) is 48.9 Å². The molecule has 2 aromatic rings. The second kappa shape index (κ2) is 8.06. The van der Waals surface area contributed by atoms with E-state index in [-0.39, 0.29) is 6.03 Å². The van der Waals surface area contributed by atoms with Gasteiger partial charge in [-0.2, -0.15) is 0 Å². The van der Waals surface area contributed by atoms with Crippen molar-refractivity contribution in [2.24, 2.45) is 0 Å². The number of hydrogen-bond acceptors (Lipinski definition) is 2. The highest BCUT2D eigenvalue weighted by atomic mass is 16.5. The van der Waals surface area contributed by atoms with Crippen LogP contribution in [0, 0.1) is 20.8 Å². The maximum Gasteiger partial charge on any atom is 0.322 e. The predicted molar refractivity (Wildman–Crippen MR) is 103 cm³/mol. The molecular weight excluding hydrogens is 312 g/mol. The number of ether oxygens (including phenoxy) is 1. The maximum absolute atomic E-state index is 12.2. The molecule has 0 radical (unpaired) electrons. The lowest BCUT2D eigenvalue weighted by Crippen LogP contribution is -2.39. The molecule has 25 heavy (non-hydrogen) atoms. The number of rotatable bonds is 5. The van der Waals surface area contributed by atoms with Crippen molar-refractivity contribution < 1.29 is 9.53 Å². The van der Waals surface area contributed by atoms with E-state index in [0.29, 0.717) is 5.92 Å². The molecule has 2 N–H and O–H groups in total. The first-order chi connectivity index (χ1) is 11.8. The van der Waals surface area contributed by atoms with Crippen molar-refractivity contribution in [3.8, 4) is 5.75 Å². The molecule has 134 valence electrons. The summed E-state index contributed by atoms with van der Waals surface area (Å²) in [5.74, 6) is 1.22. The fourth-order valence-corrected chi connectivity index (χ4v) is 2.88. The quantitative estimate of drug-likeness (QED) is 0.727. The molecule has 0 bridgehead atoms. The number of nitrogens with one attached hydrogen (secondary N) is 2. The van der Waals surface area contributed by atoms with Crippen molar-refractivity contribution in [1.82, 2.24) is 5.32 Å². The Morgan fingerprint density at radius 1 is 0.960 bits per heavy atom. The number of amides is 2. The standard InChI is InChI=1S/C21H28N2O2/c1-13(2)18-7-9-19(10-8-18)25-17(6)22-21(24)23-20-15(4)11-14(3)12-16(20)5/h7-13,17H,1-6H3,(H2,22,23,24). The molecule has 2 aromatic carbocycles. The maximum atomic E-state index is 12.2. The van der Waals surface area contributed by atoms with Gasteiger partial charge in [-0.3, -0.25) is 0 Å². The smallest absolute Gasteiger partial charge is 0.322 e. The minimum atomic E-state index is -0.434. The summed E-state index contributed by atoms with van der Waals surface area (Å²) in [5.41, 5.74) is 5.38. The number of carbonyl (C=O) groups excluding carboxylic acids is 1. The molecule has 0 fully saturated rings. The molecule has 1 atom stereocenters. The van der Waals surface area contributed by atoms with Gasteiger partial charge in [0.15, 0.2) is 6.23 Å². The van der Waals surface area contributed by atoms with Crippen LogP contribution in [0.4, 0.5) is 10.5 Å². The SMILES string of the molecule is Cc1cc(C)c(NC(=O)NC(C)Oc2ccc(C(C)C)cc2)c(C)c1. The Balaban J connectivity index is 1.94. The predicted octanol–water partition coefficient (Wildman–Crippen LogP) is 5.28. The summed E-state index contributed by atoms with van der Waals surface area (Å²) in [4.78, 5) is 12.2. The average molecular weight is 340 g/mol. The summed E-state index contributed by atoms with van der Waals surface area (Å²) < 4.78 is 5.77. The van der Waals surface area contributed by atoms with Crippen LogP contribution in [-0.4, -0.2) is 12.3 Å². The van der Waals surface area contributed by atoms with Gasteiger partial charge in [0, 0.05) is 5.69 Å². The van der Waals surface area contributed by atoms with Crippen LogP contribution in [0.2, 0.25) is 0 Å². The molecule has 4 nitrogen and oxygen atoms in total. The van der Waals surface area contributed by atoms with Crippen molar-refractivity contribution >= 4 is 11.7 Å². The third-order valence-electron chi connectivity index (χ3n) is 4.11. The number of urea groups is 1. The summed E-state index contributed by atoms with van der Waals surface area (Å²) in [5, 5.41) is 5.73. The Bertz CT molecular complexity index is 713. The lowest BCUT2D eigenvalue weighted by atomic mass is 10.0. The Kier molecular flexibility index (Phi) is 6.07. The van der Waals surface area contributed by atoms with Gasteiger partial charge in [-0.05, 0) is 62.4 Å². The van der Waals surface area contributed by atoms with Gasteiger partial charge < -0.3 is 15.4 Å². The summed E-state index contributed by atoms with van der Waals surface area (Å²) in [6.45, 7) is 12.1. The minimum Gasteiger partial charge on any atom is -0.471 e. The minimum absolute atomic E-state index is 0.277. The largest absolute Gasteiger partial charge is 0.471 e. The highest BCUT2D eigenvalue weighted by Crippen LogP contribution is 2.22. The van der Waals surface area contributed by atoms with Crippen molar-refractivity contribution in [3.63, 3.8) is 0 Å². The molecule has 0 saturated heterocycles. The van der Waals surface area contributed by atoms with Gasteiger partial charge in [-0.1, -0.05) is 43.7 Å². The van der Waals surface area contributed by atoms with Gasteiger partial charge in [0.2, 0.25) is 0 Å². The topological polar surface area (TPSA) is 50.4 Å². The van der Waals surface area contributed by atoms with E-state index in [1.807, 2.05) is 52.0 Å². The molecule has 0 saturated carbocycles. The van der Waals surface area contributed by atoms with Gasteiger partial charge in [0.1, 0.15) is 5.75 Å². The number of aryl methyl sites for hydroxylation is 3. The third-order valence-corrected chi connectivity index (χ3v) is 4.11. The average Bonchev–Trinajstić information content (AvgIpc) is 2.51. The number of benzene rings is 2. The highest BCUT2D eigenvalue weighted by molar-refractivity contribution is 5.91. The molecule has 0 aliphatic carbocycles. The molecule has 0 aliphatic heterocycles. The third kappa shape index (κ3) is 5.24. The molecule has 2 rings (SSSR count). The van der Waals surface area contributed by atoms with Crippen LogP contribution >= 0.6 is 0 Å². The first-order valence-corrected chi connectivity index (χ1v) is 8.68. The van der Waals surface area contributed by atoms with Gasteiger partial charge in [0.05, 0.1) is 0 Å². The molecule has 4 heteroatoms. The molecular formula is C21H28N2O2.